The molecule has 0 aromatic rings. The summed E-state index contributed by atoms with van der Waals surface area (Å²) in [5.41, 5.74) is -0.940. The molecule has 1 N–H and O–H groups in total. The number of rotatable bonds is 4. The third-order valence-electron chi connectivity index (χ3n) is 2.99. The lowest BCUT2D eigenvalue weighted by Gasteiger charge is -2.43. The highest BCUT2D eigenvalue weighted by Crippen LogP contribution is 2.40. The lowest BCUT2D eigenvalue weighted by atomic mass is 9.65. The average Bonchev–Trinajstić information content (AvgIpc) is 2.09. The minimum atomic E-state index is -0.940. The molecule has 0 aromatic carbocycles. The summed E-state index contributed by atoms with van der Waals surface area (Å²) in [4.78, 5) is 11.2. The third kappa shape index (κ3) is 1.40. The van der Waals surface area contributed by atoms with Gasteiger partial charge in [-0.25, -0.2) is 0 Å². The highest BCUT2D eigenvalue weighted by molar-refractivity contribution is 5.93. The molecule has 0 radical (unpaired) electrons. The monoisotopic (exact) mass is 170 g/mol. The molecule has 2 atom stereocenters. The predicted molar refractivity (Wildman–Crippen MR) is 47.9 cm³/mol. The Kier molecular flexibility index (Phi) is 2.89. The van der Waals surface area contributed by atoms with Crippen LogP contribution in [-0.4, -0.2) is 16.5 Å². The Morgan fingerprint density at radius 1 is 1.58 bits per heavy atom. The molecule has 0 heterocycles. The van der Waals surface area contributed by atoms with Crippen molar-refractivity contribution >= 4 is 5.78 Å². The molecule has 0 spiro atoms. The topological polar surface area (TPSA) is 37.3 Å². The number of Topliss-reactive ketones (excluding diaryl/α,β-unsaturated/α-hetero) is 1. The summed E-state index contributed by atoms with van der Waals surface area (Å²) in [6.45, 7) is 4.11. The summed E-state index contributed by atoms with van der Waals surface area (Å²) < 4.78 is 0. The molecule has 0 bridgehead atoms. The van der Waals surface area contributed by atoms with Gasteiger partial charge in [0.25, 0.3) is 0 Å². The highest BCUT2D eigenvalue weighted by Gasteiger charge is 2.51. The SMILES string of the molecule is CCCCC1(O)C(=O)CC1CC. The molecule has 70 valence electrons. The van der Waals surface area contributed by atoms with E-state index in [2.05, 4.69) is 6.92 Å². The van der Waals surface area contributed by atoms with E-state index in [1.807, 2.05) is 6.92 Å². The first-order valence-electron chi connectivity index (χ1n) is 4.90. The van der Waals surface area contributed by atoms with Crippen molar-refractivity contribution in [2.24, 2.45) is 5.92 Å². The van der Waals surface area contributed by atoms with Crippen molar-refractivity contribution in [3.63, 3.8) is 0 Å². The van der Waals surface area contributed by atoms with Crippen molar-refractivity contribution in [1.82, 2.24) is 0 Å². The van der Waals surface area contributed by atoms with Crippen LogP contribution in [0.1, 0.15) is 46.0 Å². The molecule has 1 rings (SSSR count). The van der Waals surface area contributed by atoms with Gasteiger partial charge in [0.1, 0.15) is 5.60 Å². The minimum Gasteiger partial charge on any atom is -0.382 e. The van der Waals surface area contributed by atoms with Crippen molar-refractivity contribution in [2.45, 2.75) is 51.6 Å². The van der Waals surface area contributed by atoms with Crippen LogP contribution in [0.5, 0.6) is 0 Å². The minimum absolute atomic E-state index is 0.0581. The van der Waals surface area contributed by atoms with Crippen LogP contribution in [0.15, 0.2) is 0 Å². The zero-order valence-electron chi connectivity index (χ0n) is 7.97. The van der Waals surface area contributed by atoms with Gasteiger partial charge in [-0.2, -0.15) is 0 Å². The Morgan fingerprint density at radius 3 is 2.67 bits per heavy atom. The fourth-order valence-corrected chi connectivity index (χ4v) is 1.94. The molecule has 2 nitrogen and oxygen atoms in total. The van der Waals surface area contributed by atoms with E-state index >= 15 is 0 Å². The number of carbonyl (C=O) groups is 1. The fourth-order valence-electron chi connectivity index (χ4n) is 1.94. The quantitative estimate of drug-likeness (QED) is 0.699. The van der Waals surface area contributed by atoms with Gasteiger partial charge in [0, 0.05) is 12.3 Å². The first kappa shape index (κ1) is 9.72. The van der Waals surface area contributed by atoms with Crippen LogP contribution in [-0.2, 0) is 4.79 Å². The van der Waals surface area contributed by atoms with Crippen LogP contribution in [0.2, 0.25) is 0 Å². The largest absolute Gasteiger partial charge is 0.382 e. The standard InChI is InChI=1S/C10H18O2/c1-3-5-6-10(12)8(4-2)7-9(10)11/h8,12H,3-7H2,1-2H3. The first-order valence-corrected chi connectivity index (χ1v) is 4.90. The zero-order valence-corrected chi connectivity index (χ0v) is 7.97. The smallest absolute Gasteiger partial charge is 0.165 e. The van der Waals surface area contributed by atoms with Gasteiger partial charge in [0.05, 0.1) is 0 Å². The normalized spacial score (nSPS) is 34.9. The summed E-state index contributed by atoms with van der Waals surface area (Å²) in [6.07, 6.45) is 4.19. The van der Waals surface area contributed by atoms with Gasteiger partial charge in [-0.1, -0.05) is 26.7 Å². The first-order chi connectivity index (χ1) is 5.65. The molecule has 12 heavy (non-hydrogen) atoms. The Morgan fingerprint density at radius 2 is 2.25 bits per heavy atom. The second-order valence-corrected chi connectivity index (χ2v) is 3.76. The Bertz CT molecular complexity index is 177. The molecule has 0 saturated heterocycles. The maximum Gasteiger partial charge on any atom is 0.165 e. The third-order valence-corrected chi connectivity index (χ3v) is 2.99. The van der Waals surface area contributed by atoms with Crippen molar-refractivity contribution in [2.75, 3.05) is 0 Å². The van der Waals surface area contributed by atoms with E-state index in [-0.39, 0.29) is 11.7 Å². The second-order valence-electron chi connectivity index (χ2n) is 3.76. The molecular weight excluding hydrogens is 152 g/mol. The zero-order chi connectivity index (χ0) is 9.19. The predicted octanol–water partition coefficient (Wildman–Crippen LogP) is 1.91. The molecule has 2 unspecified atom stereocenters. The molecule has 0 aromatic heterocycles. The second kappa shape index (κ2) is 3.56. The highest BCUT2D eigenvalue weighted by atomic mass is 16.3. The lowest BCUT2D eigenvalue weighted by Crippen LogP contribution is -2.56. The van der Waals surface area contributed by atoms with E-state index in [4.69, 9.17) is 0 Å². The molecule has 1 aliphatic carbocycles. The van der Waals surface area contributed by atoms with E-state index in [0.29, 0.717) is 12.8 Å². The van der Waals surface area contributed by atoms with E-state index in [1.165, 1.54) is 0 Å². The van der Waals surface area contributed by atoms with Crippen LogP contribution in [0.3, 0.4) is 0 Å². The molecule has 2 heteroatoms. The van der Waals surface area contributed by atoms with E-state index in [9.17, 15) is 9.90 Å². The summed E-state index contributed by atoms with van der Waals surface area (Å²) in [6, 6.07) is 0. The number of hydrogen-bond donors (Lipinski definition) is 1. The van der Waals surface area contributed by atoms with Gasteiger partial charge in [0.2, 0.25) is 0 Å². The van der Waals surface area contributed by atoms with Crippen molar-refractivity contribution in [3.8, 4) is 0 Å². The van der Waals surface area contributed by atoms with Gasteiger partial charge in [-0.15, -0.1) is 0 Å². The van der Waals surface area contributed by atoms with Crippen molar-refractivity contribution in [1.29, 1.82) is 0 Å². The van der Waals surface area contributed by atoms with Gasteiger partial charge in [-0.3, -0.25) is 4.79 Å². The average molecular weight is 170 g/mol. The molecule has 1 saturated carbocycles. The van der Waals surface area contributed by atoms with Gasteiger partial charge in [0.15, 0.2) is 5.78 Å². The lowest BCUT2D eigenvalue weighted by molar-refractivity contribution is -0.164. The Balaban J connectivity index is 2.49. The van der Waals surface area contributed by atoms with Crippen LogP contribution >= 0.6 is 0 Å². The van der Waals surface area contributed by atoms with E-state index < -0.39 is 5.60 Å². The number of ketones is 1. The fraction of sp³-hybridized carbons (Fsp3) is 0.900. The Hall–Kier alpha value is -0.370. The number of aliphatic hydroxyl groups is 1. The summed E-state index contributed by atoms with van der Waals surface area (Å²) in [5, 5.41) is 9.92. The Labute approximate surface area is 74.0 Å². The summed E-state index contributed by atoms with van der Waals surface area (Å²) in [7, 11) is 0. The van der Waals surface area contributed by atoms with Crippen LogP contribution in [0, 0.1) is 5.92 Å². The van der Waals surface area contributed by atoms with Gasteiger partial charge in [-0.05, 0) is 12.8 Å². The summed E-state index contributed by atoms with van der Waals surface area (Å²) >= 11 is 0. The van der Waals surface area contributed by atoms with Crippen molar-refractivity contribution in [3.05, 3.63) is 0 Å². The van der Waals surface area contributed by atoms with Gasteiger partial charge < -0.3 is 5.11 Å². The maximum atomic E-state index is 11.2. The molecular formula is C10H18O2. The van der Waals surface area contributed by atoms with Crippen LogP contribution < -0.4 is 0 Å². The number of carbonyl (C=O) groups excluding carboxylic acids is 1. The molecule has 1 fully saturated rings. The van der Waals surface area contributed by atoms with E-state index in [1.54, 1.807) is 0 Å². The number of unbranched alkanes of at least 4 members (excludes halogenated alkanes) is 1. The maximum absolute atomic E-state index is 11.2. The van der Waals surface area contributed by atoms with E-state index in [0.717, 1.165) is 19.3 Å². The molecule has 1 aliphatic rings. The number of hydrogen-bond acceptors (Lipinski definition) is 2. The summed E-state index contributed by atoms with van der Waals surface area (Å²) in [5.74, 6) is 0.291. The van der Waals surface area contributed by atoms with Crippen LogP contribution in [0.25, 0.3) is 0 Å². The molecule has 0 aliphatic heterocycles. The van der Waals surface area contributed by atoms with Crippen LogP contribution in [0.4, 0.5) is 0 Å². The van der Waals surface area contributed by atoms with Crippen molar-refractivity contribution < 1.29 is 9.90 Å². The van der Waals surface area contributed by atoms with Gasteiger partial charge >= 0.3 is 0 Å². The molecule has 0 amide bonds.